The summed E-state index contributed by atoms with van der Waals surface area (Å²) in [7, 11) is 0. The van der Waals surface area contributed by atoms with Crippen molar-refractivity contribution < 1.29 is 10.2 Å². The Kier molecular flexibility index (Phi) is 4.70. The van der Waals surface area contributed by atoms with Gasteiger partial charge in [-0.05, 0) is 39.2 Å². The van der Waals surface area contributed by atoms with Crippen molar-refractivity contribution in [3.05, 3.63) is 0 Å². The van der Waals surface area contributed by atoms with Crippen molar-refractivity contribution in [1.82, 2.24) is 4.90 Å². The Hall–Kier alpha value is -0.120. The summed E-state index contributed by atoms with van der Waals surface area (Å²) in [5.74, 6) is 0. The molecular formula is C10H21NO2. The number of hydrogen-bond acceptors (Lipinski definition) is 3. The molecule has 0 aliphatic carbocycles. The van der Waals surface area contributed by atoms with Crippen LogP contribution in [0.1, 0.15) is 32.6 Å². The summed E-state index contributed by atoms with van der Waals surface area (Å²) in [6.07, 6.45) is 3.45. The highest BCUT2D eigenvalue weighted by Crippen LogP contribution is 2.11. The van der Waals surface area contributed by atoms with Crippen LogP contribution >= 0.6 is 0 Å². The fourth-order valence-electron chi connectivity index (χ4n) is 1.73. The molecule has 2 N–H and O–H groups in total. The zero-order valence-electron chi connectivity index (χ0n) is 8.45. The van der Waals surface area contributed by atoms with Gasteiger partial charge in [0, 0.05) is 13.1 Å². The van der Waals surface area contributed by atoms with Gasteiger partial charge in [-0.25, -0.2) is 0 Å². The van der Waals surface area contributed by atoms with Crippen molar-refractivity contribution >= 4 is 0 Å². The molecule has 0 aromatic heterocycles. The second kappa shape index (κ2) is 5.58. The van der Waals surface area contributed by atoms with E-state index < -0.39 is 0 Å². The van der Waals surface area contributed by atoms with Gasteiger partial charge in [0.2, 0.25) is 0 Å². The van der Waals surface area contributed by atoms with Crippen molar-refractivity contribution in [3.63, 3.8) is 0 Å². The van der Waals surface area contributed by atoms with Gasteiger partial charge in [0.15, 0.2) is 0 Å². The largest absolute Gasteiger partial charge is 0.393 e. The lowest BCUT2D eigenvalue weighted by Crippen LogP contribution is -2.28. The fraction of sp³-hybridized carbons (Fsp3) is 1.00. The lowest BCUT2D eigenvalue weighted by molar-refractivity contribution is 0.144. The monoisotopic (exact) mass is 187 g/mol. The molecule has 3 nitrogen and oxygen atoms in total. The Labute approximate surface area is 80.4 Å². The van der Waals surface area contributed by atoms with Crippen LogP contribution in [0, 0.1) is 0 Å². The average molecular weight is 187 g/mol. The van der Waals surface area contributed by atoms with E-state index in [1.165, 1.54) is 0 Å². The third-order valence-corrected chi connectivity index (χ3v) is 2.65. The summed E-state index contributed by atoms with van der Waals surface area (Å²) < 4.78 is 0. The maximum absolute atomic E-state index is 9.41. The van der Waals surface area contributed by atoms with Crippen LogP contribution in [0.5, 0.6) is 0 Å². The summed E-state index contributed by atoms with van der Waals surface area (Å²) in [6, 6.07) is 0. The minimum absolute atomic E-state index is 0.100. The van der Waals surface area contributed by atoms with E-state index in [9.17, 15) is 5.11 Å². The number of hydrogen-bond donors (Lipinski definition) is 2. The maximum Gasteiger partial charge on any atom is 0.0553 e. The molecule has 0 radical (unpaired) electrons. The molecule has 78 valence electrons. The Balaban J connectivity index is 2.18. The van der Waals surface area contributed by atoms with Crippen LogP contribution in [-0.4, -0.2) is 47.0 Å². The molecule has 1 aliphatic rings. The zero-order valence-corrected chi connectivity index (χ0v) is 8.45. The Bertz CT molecular complexity index is 139. The van der Waals surface area contributed by atoms with Gasteiger partial charge in [0.1, 0.15) is 0 Å². The Morgan fingerprint density at radius 2 is 2.15 bits per heavy atom. The van der Waals surface area contributed by atoms with E-state index in [4.69, 9.17) is 5.11 Å². The molecule has 2 atom stereocenters. The molecule has 0 aromatic rings. The summed E-state index contributed by atoms with van der Waals surface area (Å²) in [5.41, 5.74) is 0. The highest BCUT2D eigenvalue weighted by Gasteiger charge is 2.14. The third-order valence-electron chi connectivity index (χ3n) is 2.65. The van der Waals surface area contributed by atoms with Crippen LogP contribution in [0.3, 0.4) is 0 Å². The van der Waals surface area contributed by atoms with Crippen LogP contribution in [0.25, 0.3) is 0 Å². The summed E-state index contributed by atoms with van der Waals surface area (Å²) in [4.78, 5) is 2.34. The standard InChI is InChI=1S/C10H21NO2/c1-9(12)4-7-11-6-2-3-10(13)5-8-11/h9-10,12-13H,2-8H2,1H3. The van der Waals surface area contributed by atoms with E-state index in [0.717, 1.165) is 45.3 Å². The van der Waals surface area contributed by atoms with Crippen LogP contribution < -0.4 is 0 Å². The molecule has 0 bridgehead atoms. The average Bonchev–Trinajstić information content (AvgIpc) is 2.27. The molecule has 0 saturated carbocycles. The van der Waals surface area contributed by atoms with Crippen molar-refractivity contribution in [2.75, 3.05) is 19.6 Å². The lowest BCUT2D eigenvalue weighted by atomic mass is 10.2. The molecule has 1 saturated heterocycles. The molecule has 0 spiro atoms. The molecule has 1 rings (SSSR count). The molecule has 2 unspecified atom stereocenters. The normalized spacial score (nSPS) is 28.4. The van der Waals surface area contributed by atoms with Crippen LogP contribution in [-0.2, 0) is 0 Å². The van der Waals surface area contributed by atoms with Gasteiger partial charge in [-0.2, -0.15) is 0 Å². The maximum atomic E-state index is 9.41. The van der Waals surface area contributed by atoms with Crippen molar-refractivity contribution in [2.45, 2.75) is 44.8 Å². The molecule has 1 heterocycles. The van der Waals surface area contributed by atoms with Crippen LogP contribution in [0.15, 0.2) is 0 Å². The first-order valence-corrected chi connectivity index (χ1v) is 5.27. The highest BCUT2D eigenvalue weighted by atomic mass is 16.3. The molecule has 1 fully saturated rings. The molecule has 0 amide bonds. The van der Waals surface area contributed by atoms with Gasteiger partial charge < -0.3 is 15.1 Å². The van der Waals surface area contributed by atoms with Crippen molar-refractivity contribution in [3.8, 4) is 0 Å². The topological polar surface area (TPSA) is 43.7 Å². The second-order valence-electron chi connectivity index (χ2n) is 4.06. The molecular weight excluding hydrogens is 166 g/mol. The van der Waals surface area contributed by atoms with Gasteiger partial charge in [0.05, 0.1) is 12.2 Å². The van der Waals surface area contributed by atoms with E-state index in [1.807, 2.05) is 6.92 Å². The van der Waals surface area contributed by atoms with Crippen LogP contribution in [0.2, 0.25) is 0 Å². The SMILES string of the molecule is CC(O)CCN1CCCC(O)CC1. The van der Waals surface area contributed by atoms with E-state index in [0.29, 0.717) is 0 Å². The van der Waals surface area contributed by atoms with Crippen molar-refractivity contribution in [1.29, 1.82) is 0 Å². The third kappa shape index (κ3) is 4.60. The first-order valence-electron chi connectivity index (χ1n) is 5.27. The molecule has 1 aliphatic heterocycles. The van der Waals surface area contributed by atoms with Gasteiger partial charge in [-0.15, -0.1) is 0 Å². The predicted octanol–water partition coefficient (Wildman–Crippen LogP) is 0.604. The minimum atomic E-state index is -0.201. The van der Waals surface area contributed by atoms with Gasteiger partial charge in [0.25, 0.3) is 0 Å². The lowest BCUT2D eigenvalue weighted by Gasteiger charge is -2.20. The zero-order chi connectivity index (χ0) is 9.68. The molecule has 0 aromatic carbocycles. The number of rotatable bonds is 3. The predicted molar refractivity (Wildman–Crippen MR) is 52.6 cm³/mol. The summed E-state index contributed by atoms with van der Waals surface area (Å²) in [5, 5.41) is 18.5. The van der Waals surface area contributed by atoms with E-state index in [2.05, 4.69) is 4.90 Å². The minimum Gasteiger partial charge on any atom is -0.393 e. The first kappa shape index (κ1) is 11.0. The Morgan fingerprint density at radius 1 is 1.38 bits per heavy atom. The van der Waals surface area contributed by atoms with E-state index >= 15 is 0 Å². The second-order valence-corrected chi connectivity index (χ2v) is 4.06. The Morgan fingerprint density at radius 3 is 2.85 bits per heavy atom. The number of aliphatic hydroxyl groups is 2. The van der Waals surface area contributed by atoms with E-state index in [-0.39, 0.29) is 12.2 Å². The summed E-state index contributed by atoms with van der Waals surface area (Å²) in [6.45, 7) is 4.84. The van der Waals surface area contributed by atoms with Gasteiger partial charge >= 0.3 is 0 Å². The summed E-state index contributed by atoms with van der Waals surface area (Å²) >= 11 is 0. The number of likely N-dealkylation sites (tertiary alicyclic amines) is 1. The van der Waals surface area contributed by atoms with Crippen molar-refractivity contribution in [2.24, 2.45) is 0 Å². The molecule has 13 heavy (non-hydrogen) atoms. The highest BCUT2D eigenvalue weighted by molar-refractivity contribution is 4.69. The number of aliphatic hydroxyl groups excluding tert-OH is 2. The fourth-order valence-corrected chi connectivity index (χ4v) is 1.73. The first-order chi connectivity index (χ1) is 6.18. The van der Waals surface area contributed by atoms with Crippen LogP contribution in [0.4, 0.5) is 0 Å². The molecule has 3 heteroatoms. The smallest absolute Gasteiger partial charge is 0.0553 e. The van der Waals surface area contributed by atoms with Gasteiger partial charge in [-0.1, -0.05) is 0 Å². The quantitative estimate of drug-likeness (QED) is 0.680. The van der Waals surface area contributed by atoms with E-state index in [1.54, 1.807) is 0 Å². The number of nitrogens with zero attached hydrogens (tertiary/aromatic N) is 1. The van der Waals surface area contributed by atoms with Gasteiger partial charge in [-0.3, -0.25) is 0 Å².